The molecule has 0 aliphatic rings. The molecule has 0 bridgehead atoms. The van der Waals surface area contributed by atoms with Gasteiger partial charge in [-0.25, -0.2) is 8.42 Å². The van der Waals surface area contributed by atoms with Gasteiger partial charge < -0.3 is 5.43 Å². The molecule has 0 aliphatic heterocycles. The van der Waals surface area contributed by atoms with Gasteiger partial charge in [-0.1, -0.05) is 6.07 Å². The van der Waals surface area contributed by atoms with Crippen LogP contribution in [0.25, 0.3) is 0 Å². The van der Waals surface area contributed by atoms with Crippen LogP contribution in [0.5, 0.6) is 0 Å². The minimum atomic E-state index is -3.40. The lowest BCUT2D eigenvalue weighted by molar-refractivity contribution is 0.595. The molecule has 0 saturated carbocycles. The first kappa shape index (κ1) is 15.1. The van der Waals surface area contributed by atoms with E-state index in [9.17, 15) is 8.42 Å². The SMILES string of the molecule is Cc1ccc(C)n1NCCS(=O)(=O)c1cccc(C#N)c1. The molecule has 0 unspecified atom stereocenters. The third-order valence-electron chi connectivity index (χ3n) is 3.23. The smallest absolute Gasteiger partial charge is 0.180 e. The number of nitriles is 1. The highest BCUT2D eigenvalue weighted by molar-refractivity contribution is 7.91. The number of benzene rings is 1. The van der Waals surface area contributed by atoms with E-state index in [1.54, 1.807) is 12.1 Å². The second-order valence-electron chi connectivity index (χ2n) is 4.82. The largest absolute Gasteiger partial charge is 0.325 e. The lowest BCUT2D eigenvalue weighted by Gasteiger charge is -2.12. The standard InChI is InChI=1S/C15H17N3O2S/c1-12-6-7-13(2)18(12)17-8-9-21(19,20)15-5-3-4-14(10-15)11-16/h3-7,10,17H,8-9H2,1-2H3. The van der Waals surface area contributed by atoms with E-state index in [1.807, 2.05) is 36.7 Å². The Hall–Kier alpha value is -2.26. The van der Waals surface area contributed by atoms with E-state index in [2.05, 4.69) is 5.43 Å². The number of hydrogen-bond acceptors (Lipinski definition) is 4. The molecule has 0 spiro atoms. The second kappa shape index (κ2) is 6.02. The third kappa shape index (κ3) is 3.44. The van der Waals surface area contributed by atoms with Gasteiger partial charge in [0.05, 0.1) is 22.3 Å². The maximum atomic E-state index is 12.2. The molecule has 1 aromatic carbocycles. The van der Waals surface area contributed by atoms with Crippen LogP contribution in [0.3, 0.4) is 0 Å². The van der Waals surface area contributed by atoms with Gasteiger partial charge in [-0.05, 0) is 44.2 Å². The summed E-state index contributed by atoms with van der Waals surface area (Å²) < 4.78 is 26.3. The Labute approximate surface area is 124 Å². The number of sulfone groups is 1. The number of hydrogen-bond donors (Lipinski definition) is 1. The summed E-state index contributed by atoms with van der Waals surface area (Å²) in [6.07, 6.45) is 0. The highest BCUT2D eigenvalue weighted by atomic mass is 32.2. The predicted octanol–water partition coefficient (Wildman–Crippen LogP) is 1.99. The van der Waals surface area contributed by atoms with Gasteiger partial charge in [0.15, 0.2) is 9.84 Å². The molecule has 0 atom stereocenters. The molecule has 0 aliphatic carbocycles. The van der Waals surface area contributed by atoms with E-state index in [-0.39, 0.29) is 10.6 Å². The zero-order valence-corrected chi connectivity index (χ0v) is 12.8. The van der Waals surface area contributed by atoms with Gasteiger partial charge in [0.25, 0.3) is 0 Å². The summed E-state index contributed by atoms with van der Waals surface area (Å²) >= 11 is 0. The van der Waals surface area contributed by atoms with Crippen molar-refractivity contribution < 1.29 is 8.42 Å². The van der Waals surface area contributed by atoms with E-state index in [4.69, 9.17) is 5.26 Å². The Morgan fingerprint density at radius 3 is 2.48 bits per heavy atom. The Morgan fingerprint density at radius 2 is 1.86 bits per heavy atom. The molecule has 1 heterocycles. The monoisotopic (exact) mass is 303 g/mol. The molecule has 0 fully saturated rings. The molecular weight excluding hydrogens is 286 g/mol. The summed E-state index contributed by atoms with van der Waals surface area (Å²) in [6, 6.07) is 12.0. The molecule has 6 heteroatoms. The highest BCUT2D eigenvalue weighted by Gasteiger charge is 2.14. The second-order valence-corrected chi connectivity index (χ2v) is 6.93. The van der Waals surface area contributed by atoms with Crippen molar-refractivity contribution in [3.8, 4) is 6.07 Å². The van der Waals surface area contributed by atoms with Crippen LogP contribution < -0.4 is 5.43 Å². The fourth-order valence-corrected chi connectivity index (χ4v) is 3.27. The lowest BCUT2D eigenvalue weighted by Crippen LogP contribution is -2.24. The molecule has 1 aromatic heterocycles. The van der Waals surface area contributed by atoms with Gasteiger partial charge in [-0.2, -0.15) is 5.26 Å². The molecule has 5 nitrogen and oxygen atoms in total. The van der Waals surface area contributed by atoms with Crippen molar-refractivity contribution in [3.63, 3.8) is 0 Å². The minimum Gasteiger partial charge on any atom is -0.325 e. The zero-order valence-electron chi connectivity index (χ0n) is 12.0. The van der Waals surface area contributed by atoms with Gasteiger partial charge in [-0.15, -0.1) is 0 Å². The third-order valence-corrected chi connectivity index (χ3v) is 4.95. The molecule has 0 saturated heterocycles. The van der Waals surface area contributed by atoms with E-state index in [0.29, 0.717) is 12.1 Å². The van der Waals surface area contributed by atoms with Crippen LogP contribution in [0.15, 0.2) is 41.3 Å². The van der Waals surface area contributed by atoms with Gasteiger partial charge >= 0.3 is 0 Å². The van der Waals surface area contributed by atoms with Crippen LogP contribution in [-0.2, 0) is 9.84 Å². The first-order chi connectivity index (χ1) is 9.94. The Balaban J connectivity index is 2.07. The summed E-state index contributed by atoms with van der Waals surface area (Å²) in [5.41, 5.74) is 5.49. The molecule has 1 N–H and O–H groups in total. The normalized spacial score (nSPS) is 11.1. The summed E-state index contributed by atoms with van der Waals surface area (Å²) in [5, 5.41) is 8.83. The molecule has 2 rings (SSSR count). The number of aromatic nitrogens is 1. The maximum absolute atomic E-state index is 12.2. The van der Waals surface area contributed by atoms with Crippen molar-refractivity contribution in [2.75, 3.05) is 17.7 Å². The quantitative estimate of drug-likeness (QED) is 0.916. The molecular formula is C15H17N3O2S. The fraction of sp³-hybridized carbons (Fsp3) is 0.267. The van der Waals surface area contributed by atoms with E-state index in [0.717, 1.165) is 11.4 Å². The molecule has 0 amide bonds. The predicted molar refractivity (Wildman–Crippen MR) is 81.3 cm³/mol. The van der Waals surface area contributed by atoms with Crippen LogP contribution in [0.2, 0.25) is 0 Å². The van der Waals surface area contributed by atoms with Crippen molar-refractivity contribution in [3.05, 3.63) is 53.3 Å². The van der Waals surface area contributed by atoms with Crippen LogP contribution in [0, 0.1) is 25.2 Å². The van der Waals surface area contributed by atoms with Gasteiger partial charge in [-0.3, -0.25) is 4.68 Å². The van der Waals surface area contributed by atoms with Crippen molar-refractivity contribution in [2.45, 2.75) is 18.7 Å². The van der Waals surface area contributed by atoms with Gasteiger partial charge in [0, 0.05) is 17.9 Å². The number of nitrogens with zero attached hydrogens (tertiary/aromatic N) is 2. The van der Waals surface area contributed by atoms with Gasteiger partial charge in [0.2, 0.25) is 0 Å². The number of nitrogens with one attached hydrogen (secondary N) is 1. The van der Waals surface area contributed by atoms with E-state index in [1.165, 1.54) is 12.1 Å². The Kier molecular flexibility index (Phi) is 4.34. The summed E-state index contributed by atoms with van der Waals surface area (Å²) in [7, 11) is -3.40. The fourth-order valence-electron chi connectivity index (χ4n) is 2.09. The summed E-state index contributed by atoms with van der Waals surface area (Å²) in [4.78, 5) is 0.185. The topological polar surface area (TPSA) is 74.9 Å². The van der Waals surface area contributed by atoms with Crippen molar-refractivity contribution >= 4 is 9.84 Å². The van der Waals surface area contributed by atoms with Crippen LogP contribution in [0.1, 0.15) is 17.0 Å². The van der Waals surface area contributed by atoms with Crippen molar-refractivity contribution in [1.82, 2.24) is 4.68 Å². The highest BCUT2D eigenvalue weighted by Crippen LogP contribution is 2.13. The van der Waals surface area contributed by atoms with Crippen LogP contribution >= 0.6 is 0 Å². The molecule has 0 radical (unpaired) electrons. The lowest BCUT2D eigenvalue weighted by atomic mass is 10.2. The Bertz CT molecular complexity index is 766. The van der Waals surface area contributed by atoms with Crippen LogP contribution in [-0.4, -0.2) is 25.4 Å². The average molecular weight is 303 g/mol. The van der Waals surface area contributed by atoms with Crippen LogP contribution in [0.4, 0.5) is 0 Å². The molecule has 2 aromatic rings. The first-order valence-electron chi connectivity index (χ1n) is 6.56. The number of rotatable bonds is 5. The van der Waals surface area contributed by atoms with E-state index < -0.39 is 9.84 Å². The summed E-state index contributed by atoms with van der Waals surface area (Å²) in [6.45, 7) is 4.20. The van der Waals surface area contributed by atoms with Crippen molar-refractivity contribution in [1.29, 1.82) is 5.26 Å². The maximum Gasteiger partial charge on any atom is 0.180 e. The first-order valence-corrected chi connectivity index (χ1v) is 8.21. The number of aryl methyl sites for hydroxylation is 2. The average Bonchev–Trinajstić information content (AvgIpc) is 2.79. The zero-order chi connectivity index (χ0) is 15.5. The Morgan fingerprint density at radius 1 is 1.19 bits per heavy atom. The minimum absolute atomic E-state index is 0.0288. The molecule has 110 valence electrons. The summed E-state index contributed by atoms with van der Waals surface area (Å²) in [5.74, 6) is -0.0288. The molecule has 21 heavy (non-hydrogen) atoms. The van der Waals surface area contributed by atoms with Gasteiger partial charge in [0.1, 0.15) is 0 Å². The van der Waals surface area contributed by atoms with Crippen molar-refractivity contribution in [2.24, 2.45) is 0 Å². The van der Waals surface area contributed by atoms with E-state index >= 15 is 0 Å².